The molecule has 6 rings (SSSR count). The minimum atomic E-state index is 0. The summed E-state index contributed by atoms with van der Waals surface area (Å²) in [5.41, 5.74) is 9.72. The van der Waals surface area contributed by atoms with Gasteiger partial charge in [0.2, 0.25) is 0 Å². The summed E-state index contributed by atoms with van der Waals surface area (Å²) in [4.78, 5) is 10.0. The summed E-state index contributed by atoms with van der Waals surface area (Å²) in [5.74, 6) is 1.17. The first-order valence-corrected chi connectivity index (χ1v) is 17.5. The Labute approximate surface area is 286 Å². The van der Waals surface area contributed by atoms with Gasteiger partial charge in [-0.15, -0.1) is 12.4 Å². The molecule has 4 aromatic heterocycles. The molecule has 0 aliphatic rings. The van der Waals surface area contributed by atoms with E-state index >= 15 is 0 Å². The molecular weight excluding hydrogens is 600 g/mol. The van der Waals surface area contributed by atoms with Crippen molar-refractivity contribution in [2.75, 3.05) is 13.1 Å². The van der Waals surface area contributed by atoms with Gasteiger partial charge < -0.3 is 19.8 Å². The Bertz CT molecular complexity index is 1810. The van der Waals surface area contributed by atoms with E-state index in [2.05, 4.69) is 122 Å². The number of nitrogens with zero attached hydrogens (tertiary/aromatic N) is 4. The summed E-state index contributed by atoms with van der Waals surface area (Å²) in [7, 11) is 0. The fourth-order valence-corrected chi connectivity index (χ4v) is 7.24. The monoisotopic (exact) mass is 652 g/mol. The number of halogens is 1. The van der Waals surface area contributed by atoms with Crippen molar-refractivity contribution < 1.29 is 0 Å². The fourth-order valence-electron chi connectivity index (χ4n) is 7.24. The average Bonchev–Trinajstić information content (AvgIpc) is 3.50. The molecule has 0 aliphatic heterocycles. The molecule has 47 heavy (non-hydrogen) atoms. The van der Waals surface area contributed by atoms with E-state index in [-0.39, 0.29) is 12.4 Å². The number of hydrogen-bond acceptors (Lipinski definition) is 4. The first kappa shape index (κ1) is 34.9. The van der Waals surface area contributed by atoms with Crippen LogP contribution in [0.25, 0.3) is 43.6 Å². The second-order valence-corrected chi connectivity index (χ2v) is 14.0. The number of unbranched alkanes of at least 4 members (excludes halogenated alkanes) is 3. The molecule has 6 nitrogen and oxygen atoms in total. The van der Waals surface area contributed by atoms with Crippen molar-refractivity contribution in [3.63, 3.8) is 0 Å². The van der Waals surface area contributed by atoms with Gasteiger partial charge in [-0.2, -0.15) is 0 Å². The number of aromatic nitrogens is 4. The van der Waals surface area contributed by atoms with Gasteiger partial charge in [0.1, 0.15) is 0 Å². The maximum Gasteiger partial charge on any atom is 0.0707 e. The van der Waals surface area contributed by atoms with E-state index < -0.39 is 0 Å². The fraction of sp³-hybridized carbons (Fsp3) is 0.450. The molecule has 2 N–H and O–H groups in total. The van der Waals surface area contributed by atoms with E-state index in [1.54, 1.807) is 0 Å². The van der Waals surface area contributed by atoms with E-state index in [0.717, 1.165) is 62.0 Å². The molecule has 0 spiro atoms. The minimum absolute atomic E-state index is 0. The summed E-state index contributed by atoms with van der Waals surface area (Å²) >= 11 is 0. The number of nitrogens with one attached hydrogen (secondary N) is 2. The highest BCUT2D eigenvalue weighted by Crippen LogP contribution is 2.33. The van der Waals surface area contributed by atoms with Gasteiger partial charge in [0.25, 0.3) is 0 Å². The lowest BCUT2D eigenvalue weighted by Crippen LogP contribution is -2.17. The van der Waals surface area contributed by atoms with E-state index in [0.29, 0.717) is 11.8 Å². The van der Waals surface area contributed by atoms with Gasteiger partial charge in [0.15, 0.2) is 0 Å². The molecule has 0 atom stereocenters. The number of para-hydroxylation sites is 2. The van der Waals surface area contributed by atoms with Crippen LogP contribution in [0.1, 0.15) is 76.2 Å². The third kappa shape index (κ3) is 7.66. The van der Waals surface area contributed by atoms with E-state index in [1.807, 2.05) is 0 Å². The molecule has 0 amide bonds. The normalized spacial score (nSPS) is 12.0. The first-order chi connectivity index (χ1) is 22.3. The highest BCUT2D eigenvalue weighted by atomic mass is 35.5. The number of aryl methyl sites for hydroxylation is 2. The van der Waals surface area contributed by atoms with Crippen LogP contribution < -0.4 is 10.6 Å². The van der Waals surface area contributed by atoms with Crippen molar-refractivity contribution >= 4 is 56.0 Å². The molecule has 6 aromatic rings. The molecule has 250 valence electrons. The van der Waals surface area contributed by atoms with Crippen molar-refractivity contribution in [2.45, 2.75) is 93.4 Å². The smallest absolute Gasteiger partial charge is 0.0707 e. The zero-order chi connectivity index (χ0) is 32.2. The lowest BCUT2D eigenvalue weighted by atomic mass is 10.1. The molecule has 0 radical (unpaired) electrons. The van der Waals surface area contributed by atoms with Gasteiger partial charge in [0.05, 0.1) is 33.8 Å². The molecule has 0 saturated heterocycles. The summed E-state index contributed by atoms with van der Waals surface area (Å²) in [6, 6.07) is 22.2. The van der Waals surface area contributed by atoms with Crippen molar-refractivity contribution in [1.29, 1.82) is 0 Å². The van der Waals surface area contributed by atoms with E-state index in [9.17, 15) is 0 Å². The molecule has 0 saturated carbocycles. The Morgan fingerprint density at radius 1 is 0.574 bits per heavy atom. The summed E-state index contributed by atoms with van der Waals surface area (Å²) < 4.78 is 4.93. The standard InChI is InChI=1S/C40H52N6.ClH/c1-27(2)25-45-37-17-11-9-15-33(37)35-21-31(43-29(5)39(35)45)23-41-19-13-7-8-14-20-42-24-32-22-36-34-16-10-12-18-38(34)46(26-28(3)4)40(36)30(6)44-32;/h9-12,15-18,21-22,27-28,41-42H,7-8,13-14,19-20,23-26H2,1-6H3;1H. The van der Waals surface area contributed by atoms with Crippen LogP contribution in [-0.4, -0.2) is 32.2 Å². The number of pyridine rings is 2. The van der Waals surface area contributed by atoms with Gasteiger partial charge >= 0.3 is 0 Å². The maximum atomic E-state index is 5.01. The molecule has 0 unspecified atom stereocenters. The van der Waals surface area contributed by atoms with Gasteiger partial charge in [-0.05, 0) is 75.9 Å². The first-order valence-electron chi connectivity index (χ1n) is 17.5. The van der Waals surface area contributed by atoms with Crippen LogP contribution in [0.4, 0.5) is 0 Å². The topological polar surface area (TPSA) is 59.7 Å². The zero-order valence-electron chi connectivity index (χ0n) is 29.2. The number of benzene rings is 2. The van der Waals surface area contributed by atoms with Crippen LogP contribution in [0.5, 0.6) is 0 Å². The molecular formula is C40H53ClN6. The Kier molecular flexibility index (Phi) is 11.6. The van der Waals surface area contributed by atoms with Crippen molar-refractivity contribution in [3.8, 4) is 0 Å². The van der Waals surface area contributed by atoms with Gasteiger partial charge in [0, 0.05) is 58.8 Å². The summed E-state index contributed by atoms with van der Waals surface area (Å²) in [6.45, 7) is 19.2. The predicted octanol–water partition coefficient (Wildman–Crippen LogP) is 9.48. The molecule has 2 aromatic carbocycles. The summed E-state index contributed by atoms with van der Waals surface area (Å²) in [5, 5.41) is 12.6. The van der Waals surface area contributed by atoms with Crippen LogP contribution in [0.15, 0.2) is 60.7 Å². The second-order valence-electron chi connectivity index (χ2n) is 14.0. The number of fused-ring (bicyclic) bond motifs is 6. The van der Waals surface area contributed by atoms with Crippen LogP contribution >= 0.6 is 12.4 Å². The molecule has 0 bridgehead atoms. The van der Waals surface area contributed by atoms with Crippen LogP contribution in [0, 0.1) is 25.7 Å². The molecule has 7 heteroatoms. The molecule has 0 aliphatic carbocycles. The molecule has 4 heterocycles. The lowest BCUT2D eigenvalue weighted by Gasteiger charge is -2.12. The quantitative estimate of drug-likeness (QED) is 0.109. The zero-order valence-corrected chi connectivity index (χ0v) is 30.0. The van der Waals surface area contributed by atoms with E-state index in [4.69, 9.17) is 9.97 Å². The maximum absolute atomic E-state index is 5.01. The minimum Gasteiger partial charge on any atom is -0.339 e. The van der Waals surface area contributed by atoms with Crippen molar-refractivity contribution in [2.24, 2.45) is 11.8 Å². The Morgan fingerprint density at radius 3 is 1.38 bits per heavy atom. The SMILES string of the molecule is Cc1nc(CNCCCCCCNCc2cc3c4ccccc4n(CC(C)C)c3c(C)n2)cc2c3ccccc3n(CC(C)C)c12.Cl. The third-order valence-corrected chi connectivity index (χ3v) is 9.11. The van der Waals surface area contributed by atoms with Crippen LogP contribution in [0.3, 0.4) is 0 Å². The second kappa shape index (κ2) is 15.6. The summed E-state index contributed by atoms with van der Waals surface area (Å²) in [6.07, 6.45) is 4.85. The number of rotatable bonds is 15. The van der Waals surface area contributed by atoms with Crippen molar-refractivity contribution in [1.82, 2.24) is 29.7 Å². The highest BCUT2D eigenvalue weighted by molar-refractivity contribution is 6.09. The molecule has 0 fully saturated rings. The Balaban J connectivity index is 0.00000433. The average molecular weight is 653 g/mol. The van der Waals surface area contributed by atoms with Crippen LogP contribution in [-0.2, 0) is 26.2 Å². The number of hydrogen-bond donors (Lipinski definition) is 2. The van der Waals surface area contributed by atoms with Crippen LogP contribution in [0.2, 0.25) is 0 Å². The third-order valence-electron chi connectivity index (χ3n) is 9.11. The highest BCUT2D eigenvalue weighted by Gasteiger charge is 2.17. The van der Waals surface area contributed by atoms with Gasteiger partial charge in [-0.1, -0.05) is 76.9 Å². The largest absolute Gasteiger partial charge is 0.339 e. The van der Waals surface area contributed by atoms with Crippen molar-refractivity contribution in [3.05, 3.63) is 83.4 Å². The predicted molar refractivity (Wildman–Crippen MR) is 203 cm³/mol. The van der Waals surface area contributed by atoms with E-state index in [1.165, 1.54) is 69.3 Å². The van der Waals surface area contributed by atoms with Gasteiger partial charge in [-0.3, -0.25) is 9.97 Å². The Morgan fingerprint density at radius 2 is 0.979 bits per heavy atom. The Hall–Kier alpha value is -3.45. The van der Waals surface area contributed by atoms with Gasteiger partial charge in [-0.25, -0.2) is 0 Å². The lowest BCUT2D eigenvalue weighted by molar-refractivity contribution is 0.544.